The van der Waals surface area contributed by atoms with Crippen molar-refractivity contribution in [2.75, 3.05) is 5.73 Å². The van der Waals surface area contributed by atoms with E-state index in [0.29, 0.717) is 23.5 Å². The minimum absolute atomic E-state index is 0.270. The zero-order valence-corrected chi connectivity index (χ0v) is 17.8. The molecular formula is C23H24N8O. The van der Waals surface area contributed by atoms with E-state index in [4.69, 9.17) is 5.73 Å². The fourth-order valence-corrected chi connectivity index (χ4v) is 4.01. The smallest absolute Gasteiger partial charge is 0.328 e. The number of H-pyrrole nitrogens is 1. The summed E-state index contributed by atoms with van der Waals surface area (Å²) in [6.45, 7) is 2.93. The molecule has 0 aliphatic heterocycles. The Labute approximate surface area is 183 Å². The van der Waals surface area contributed by atoms with Crippen molar-refractivity contribution in [1.29, 1.82) is 0 Å². The standard InChI is InChI=1S/C23H24N8O/c1-15-25-21(24)20-22(26-15)30(23(32)27-20)14-17-10-11-19-18(13-17)28-29-31(19)12-6-5-9-16-7-3-2-4-8-16/h2-4,7-8,10-11,13H,5-6,9,12,14H2,1H3,(H,27,32)(H2,24,25,26). The van der Waals surface area contributed by atoms with Gasteiger partial charge in [-0.05, 0) is 49.4 Å². The maximum Gasteiger partial charge on any atom is 0.328 e. The highest BCUT2D eigenvalue weighted by Gasteiger charge is 2.14. The lowest BCUT2D eigenvalue weighted by Gasteiger charge is -2.06. The predicted molar refractivity (Wildman–Crippen MR) is 123 cm³/mol. The van der Waals surface area contributed by atoms with Gasteiger partial charge in [-0.1, -0.05) is 41.6 Å². The van der Waals surface area contributed by atoms with Crippen molar-refractivity contribution in [3.63, 3.8) is 0 Å². The number of anilines is 1. The molecule has 3 heterocycles. The van der Waals surface area contributed by atoms with E-state index in [0.717, 1.165) is 42.4 Å². The minimum atomic E-state index is -0.270. The molecule has 0 atom stereocenters. The number of nitrogens with zero attached hydrogens (tertiary/aromatic N) is 6. The molecule has 3 N–H and O–H groups in total. The Morgan fingerprint density at radius 2 is 1.88 bits per heavy atom. The average molecular weight is 429 g/mol. The van der Waals surface area contributed by atoms with Gasteiger partial charge in [-0.3, -0.25) is 4.57 Å². The van der Waals surface area contributed by atoms with Gasteiger partial charge in [0.05, 0.1) is 12.1 Å². The van der Waals surface area contributed by atoms with Crippen molar-refractivity contribution in [2.24, 2.45) is 0 Å². The van der Waals surface area contributed by atoms with Crippen LogP contribution in [0.5, 0.6) is 0 Å². The Bertz CT molecular complexity index is 1450. The van der Waals surface area contributed by atoms with Crippen molar-refractivity contribution >= 4 is 28.0 Å². The molecule has 0 amide bonds. The molecule has 5 rings (SSSR count). The minimum Gasteiger partial charge on any atom is -0.382 e. The molecule has 0 saturated heterocycles. The summed E-state index contributed by atoms with van der Waals surface area (Å²) >= 11 is 0. The van der Waals surface area contributed by atoms with Gasteiger partial charge >= 0.3 is 5.69 Å². The predicted octanol–water partition coefficient (Wildman–Crippen LogP) is 2.83. The van der Waals surface area contributed by atoms with Crippen molar-refractivity contribution in [3.8, 4) is 0 Å². The van der Waals surface area contributed by atoms with E-state index in [9.17, 15) is 4.79 Å². The number of imidazole rings is 1. The third-order valence-electron chi connectivity index (χ3n) is 5.61. The summed E-state index contributed by atoms with van der Waals surface area (Å²) in [7, 11) is 0. The molecule has 0 aliphatic carbocycles. The number of rotatable bonds is 7. The first-order valence-electron chi connectivity index (χ1n) is 10.7. The number of benzene rings is 2. The van der Waals surface area contributed by atoms with Crippen LogP contribution in [-0.2, 0) is 19.5 Å². The van der Waals surface area contributed by atoms with Gasteiger partial charge in [0.1, 0.15) is 16.9 Å². The van der Waals surface area contributed by atoms with E-state index in [1.807, 2.05) is 28.9 Å². The van der Waals surface area contributed by atoms with Crippen LogP contribution in [0.25, 0.3) is 22.2 Å². The normalized spacial score (nSPS) is 11.5. The summed E-state index contributed by atoms with van der Waals surface area (Å²) in [4.78, 5) is 23.7. The third-order valence-corrected chi connectivity index (χ3v) is 5.61. The summed E-state index contributed by atoms with van der Waals surface area (Å²) in [5.74, 6) is 0.794. The highest BCUT2D eigenvalue weighted by Crippen LogP contribution is 2.18. The van der Waals surface area contributed by atoms with Gasteiger partial charge in [0, 0.05) is 6.54 Å². The second-order valence-electron chi connectivity index (χ2n) is 7.95. The molecule has 0 spiro atoms. The number of nitrogens with two attached hydrogens (primary N) is 1. The topological polar surface area (TPSA) is 120 Å². The monoisotopic (exact) mass is 428 g/mol. The molecule has 162 valence electrons. The van der Waals surface area contributed by atoms with Gasteiger partial charge in [0.15, 0.2) is 11.5 Å². The summed E-state index contributed by atoms with van der Waals surface area (Å²) < 4.78 is 3.51. The van der Waals surface area contributed by atoms with Crippen molar-refractivity contribution in [3.05, 3.63) is 76.0 Å². The quantitative estimate of drug-likeness (QED) is 0.385. The maximum atomic E-state index is 12.5. The highest BCUT2D eigenvalue weighted by atomic mass is 16.1. The Balaban J connectivity index is 1.32. The van der Waals surface area contributed by atoms with Crippen LogP contribution in [0.15, 0.2) is 53.3 Å². The molecule has 9 nitrogen and oxygen atoms in total. The van der Waals surface area contributed by atoms with Gasteiger partial charge in [0.25, 0.3) is 0 Å². The number of aryl methyl sites for hydroxylation is 3. The van der Waals surface area contributed by atoms with Crippen LogP contribution in [0, 0.1) is 6.92 Å². The summed E-state index contributed by atoms with van der Waals surface area (Å²) in [5.41, 5.74) is 10.7. The van der Waals surface area contributed by atoms with Gasteiger partial charge in [-0.2, -0.15) is 0 Å². The molecule has 9 heteroatoms. The molecule has 0 fully saturated rings. The third kappa shape index (κ3) is 3.84. The number of hydrogen-bond donors (Lipinski definition) is 2. The lowest BCUT2D eigenvalue weighted by Crippen LogP contribution is -2.17. The maximum absolute atomic E-state index is 12.5. The molecule has 5 aromatic rings. The molecule has 32 heavy (non-hydrogen) atoms. The lowest BCUT2D eigenvalue weighted by molar-refractivity contribution is 0.554. The Morgan fingerprint density at radius 3 is 2.72 bits per heavy atom. The number of hydrogen-bond acceptors (Lipinski definition) is 6. The van der Waals surface area contributed by atoms with Gasteiger partial charge in [-0.25, -0.2) is 19.4 Å². The molecule has 0 unspecified atom stereocenters. The van der Waals surface area contributed by atoms with Crippen LogP contribution in [0.3, 0.4) is 0 Å². The Hall–Kier alpha value is -4.01. The molecule has 0 radical (unpaired) electrons. The first kappa shape index (κ1) is 19.9. The van der Waals surface area contributed by atoms with Crippen LogP contribution in [0.1, 0.15) is 29.8 Å². The van der Waals surface area contributed by atoms with E-state index in [-0.39, 0.29) is 11.5 Å². The van der Waals surface area contributed by atoms with Gasteiger partial charge in [-0.15, -0.1) is 5.10 Å². The van der Waals surface area contributed by atoms with Gasteiger partial charge < -0.3 is 10.7 Å². The molecular weight excluding hydrogens is 404 g/mol. The summed E-state index contributed by atoms with van der Waals surface area (Å²) in [6.07, 6.45) is 3.18. The second-order valence-corrected chi connectivity index (χ2v) is 7.95. The zero-order chi connectivity index (χ0) is 22.1. The SMILES string of the molecule is Cc1nc(N)c2[nH]c(=O)n(Cc3ccc4c(c3)nnn4CCCCc3ccccc3)c2n1. The molecule has 0 saturated carbocycles. The fraction of sp³-hybridized carbons (Fsp3) is 0.261. The number of fused-ring (bicyclic) bond motifs is 2. The molecule has 3 aromatic heterocycles. The molecule has 0 aliphatic rings. The number of nitrogen functional groups attached to an aromatic ring is 1. The number of unbranched alkanes of at least 4 members (excludes halogenated alkanes) is 1. The Kier molecular flexibility index (Phi) is 5.14. The second kappa shape index (κ2) is 8.26. The number of aromatic amines is 1. The first-order valence-corrected chi connectivity index (χ1v) is 10.7. The van der Waals surface area contributed by atoms with E-state index >= 15 is 0 Å². The number of nitrogens with one attached hydrogen (secondary N) is 1. The van der Waals surface area contributed by atoms with Crippen molar-refractivity contribution < 1.29 is 0 Å². The van der Waals surface area contributed by atoms with E-state index in [2.05, 4.69) is 49.5 Å². The highest BCUT2D eigenvalue weighted by molar-refractivity contribution is 5.81. The fourth-order valence-electron chi connectivity index (χ4n) is 4.01. The summed E-state index contributed by atoms with van der Waals surface area (Å²) in [5, 5.41) is 8.65. The van der Waals surface area contributed by atoms with Crippen LogP contribution in [0.4, 0.5) is 5.82 Å². The molecule has 0 bridgehead atoms. The zero-order valence-electron chi connectivity index (χ0n) is 17.8. The lowest BCUT2D eigenvalue weighted by atomic mass is 10.1. The van der Waals surface area contributed by atoms with Crippen LogP contribution < -0.4 is 11.4 Å². The van der Waals surface area contributed by atoms with Gasteiger partial charge in [0.2, 0.25) is 0 Å². The van der Waals surface area contributed by atoms with Crippen LogP contribution in [-0.4, -0.2) is 34.5 Å². The van der Waals surface area contributed by atoms with Crippen LogP contribution in [0.2, 0.25) is 0 Å². The molecule has 2 aromatic carbocycles. The van der Waals surface area contributed by atoms with E-state index < -0.39 is 0 Å². The Morgan fingerprint density at radius 1 is 1.03 bits per heavy atom. The number of aromatic nitrogens is 7. The average Bonchev–Trinajstić information content (AvgIpc) is 3.33. The largest absolute Gasteiger partial charge is 0.382 e. The summed E-state index contributed by atoms with van der Waals surface area (Å²) in [6, 6.07) is 16.5. The van der Waals surface area contributed by atoms with Crippen LogP contribution >= 0.6 is 0 Å². The van der Waals surface area contributed by atoms with E-state index in [1.165, 1.54) is 5.56 Å². The van der Waals surface area contributed by atoms with Crippen molar-refractivity contribution in [2.45, 2.75) is 39.3 Å². The van der Waals surface area contributed by atoms with Crippen molar-refractivity contribution in [1.82, 2.24) is 34.5 Å². The first-order chi connectivity index (χ1) is 15.6. The van der Waals surface area contributed by atoms with E-state index in [1.54, 1.807) is 11.5 Å².